The van der Waals surface area contributed by atoms with E-state index in [1.54, 1.807) is 24.0 Å². The van der Waals surface area contributed by atoms with Crippen molar-refractivity contribution in [2.45, 2.75) is 39.9 Å². The molecule has 2 aromatic heterocycles. The minimum atomic E-state index is -0.683. The Morgan fingerprint density at radius 3 is 2.73 bits per heavy atom. The van der Waals surface area contributed by atoms with Gasteiger partial charge in [-0.2, -0.15) is 10.1 Å². The lowest BCUT2D eigenvalue weighted by Crippen LogP contribution is -2.33. The Balaban J connectivity index is 1.68. The molecule has 156 valence electrons. The number of fused-ring (bicyclic) bond motifs is 1. The lowest BCUT2D eigenvalue weighted by molar-refractivity contribution is -0.0640. The first kappa shape index (κ1) is 19.7. The van der Waals surface area contributed by atoms with Crippen LogP contribution in [0.4, 0.5) is 11.5 Å². The second-order valence-corrected chi connectivity index (χ2v) is 7.09. The molecule has 9 heteroatoms. The number of nitrogens with one attached hydrogen (secondary N) is 1. The molecule has 0 spiro atoms. The van der Waals surface area contributed by atoms with Gasteiger partial charge >= 0.3 is 5.97 Å². The van der Waals surface area contributed by atoms with Crippen molar-refractivity contribution in [3.8, 4) is 17.4 Å². The first-order valence-corrected chi connectivity index (χ1v) is 9.75. The summed E-state index contributed by atoms with van der Waals surface area (Å²) in [6, 6.07) is 5.46. The zero-order chi connectivity index (χ0) is 21.3. The summed E-state index contributed by atoms with van der Waals surface area (Å²) in [6.45, 7) is 7.80. The SMILES string of the molecule is CCOC(=O)c1cnc(-n2cc(C)cn2)nc1Nc1ccc2c(c1)O[C@@](C)(CC)O2. The number of rotatable bonds is 6. The minimum Gasteiger partial charge on any atom is -0.462 e. The van der Waals surface area contributed by atoms with Gasteiger partial charge in [0.2, 0.25) is 5.79 Å². The van der Waals surface area contributed by atoms with Crippen LogP contribution >= 0.6 is 0 Å². The van der Waals surface area contributed by atoms with E-state index >= 15 is 0 Å². The lowest BCUT2D eigenvalue weighted by atomic mass is 10.2. The van der Waals surface area contributed by atoms with E-state index in [0.717, 1.165) is 5.56 Å². The number of esters is 1. The van der Waals surface area contributed by atoms with Gasteiger partial charge in [-0.3, -0.25) is 0 Å². The Kier molecular flexibility index (Phi) is 5.03. The molecule has 0 saturated carbocycles. The van der Waals surface area contributed by atoms with Crippen molar-refractivity contribution >= 4 is 17.5 Å². The predicted molar refractivity (Wildman–Crippen MR) is 110 cm³/mol. The molecule has 0 fully saturated rings. The number of nitrogens with zero attached hydrogens (tertiary/aromatic N) is 4. The van der Waals surface area contributed by atoms with Gasteiger partial charge in [-0.15, -0.1) is 0 Å². The smallest absolute Gasteiger partial charge is 0.343 e. The van der Waals surface area contributed by atoms with E-state index in [4.69, 9.17) is 14.2 Å². The molecule has 1 aliphatic heterocycles. The van der Waals surface area contributed by atoms with Gasteiger partial charge in [0.05, 0.1) is 12.8 Å². The van der Waals surface area contributed by atoms with Crippen LogP contribution in [0, 0.1) is 6.92 Å². The average Bonchev–Trinajstić information content (AvgIpc) is 3.30. The Morgan fingerprint density at radius 2 is 2.03 bits per heavy atom. The van der Waals surface area contributed by atoms with Crippen molar-refractivity contribution in [3.63, 3.8) is 0 Å². The highest BCUT2D eigenvalue weighted by atomic mass is 16.7. The van der Waals surface area contributed by atoms with Gasteiger partial charge in [-0.25, -0.2) is 14.5 Å². The molecule has 0 bridgehead atoms. The van der Waals surface area contributed by atoms with E-state index in [-0.39, 0.29) is 12.2 Å². The van der Waals surface area contributed by atoms with Gasteiger partial charge in [-0.1, -0.05) is 6.92 Å². The molecule has 0 amide bonds. The quantitative estimate of drug-likeness (QED) is 0.614. The van der Waals surface area contributed by atoms with Crippen molar-refractivity contribution < 1.29 is 19.0 Å². The summed E-state index contributed by atoms with van der Waals surface area (Å²) >= 11 is 0. The normalized spacial score (nSPS) is 17.1. The summed E-state index contributed by atoms with van der Waals surface area (Å²) in [5.41, 5.74) is 1.88. The van der Waals surface area contributed by atoms with E-state index in [1.165, 1.54) is 6.20 Å². The summed E-state index contributed by atoms with van der Waals surface area (Å²) in [5.74, 6) is 0.742. The maximum atomic E-state index is 12.4. The molecular weight excluding hydrogens is 386 g/mol. The number of hydrogen-bond acceptors (Lipinski definition) is 8. The first-order valence-electron chi connectivity index (χ1n) is 9.75. The topological polar surface area (TPSA) is 100 Å². The summed E-state index contributed by atoms with van der Waals surface area (Å²) in [5, 5.41) is 7.40. The molecule has 30 heavy (non-hydrogen) atoms. The molecule has 4 rings (SSSR count). The summed E-state index contributed by atoms with van der Waals surface area (Å²) in [7, 11) is 0. The summed E-state index contributed by atoms with van der Waals surface area (Å²) in [6.07, 6.45) is 5.64. The van der Waals surface area contributed by atoms with Gasteiger partial charge in [0.15, 0.2) is 17.3 Å². The minimum absolute atomic E-state index is 0.223. The Labute approximate surface area is 174 Å². The summed E-state index contributed by atoms with van der Waals surface area (Å²) < 4.78 is 18.5. The maximum Gasteiger partial charge on any atom is 0.343 e. The molecule has 0 radical (unpaired) electrons. The fraction of sp³-hybridized carbons (Fsp3) is 0.333. The number of carbonyl (C=O) groups is 1. The van der Waals surface area contributed by atoms with Crippen LogP contribution in [-0.2, 0) is 4.74 Å². The van der Waals surface area contributed by atoms with Crippen LogP contribution in [0.2, 0.25) is 0 Å². The fourth-order valence-electron chi connectivity index (χ4n) is 2.98. The van der Waals surface area contributed by atoms with Crippen LogP contribution < -0.4 is 14.8 Å². The zero-order valence-corrected chi connectivity index (χ0v) is 17.3. The monoisotopic (exact) mass is 409 g/mol. The second kappa shape index (κ2) is 7.66. The highest BCUT2D eigenvalue weighted by Gasteiger charge is 2.35. The molecule has 1 aliphatic rings. The molecule has 3 aromatic rings. The third-order valence-corrected chi connectivity index (χ3v) is 4.69. The third-order valence-electron chi connectivity index (χ3n) is 4.69. The molecule has 0 unspecified atom stereocenters. The average molecular weight is 409 g/mol. The molecular formula is C21H23N5O4. The number of benzene rings is 1. The molecule has 0 saturated heterocycles. The number of carbonyl (C=O) groups excluding carboxylic acids is 1. The van der Waals surface area contributed by atoms with E-state index < -0.39 is 11.8 Å². The number of hydrogen-bond donors (Lipinski definition) is 1. The van der Waals surface area contributed by atoms with Crippen molar-refractivity contribution in [2.24, 2.45) is 0 Å². The fourth-order valence-corrected chi connectivity index (χ4v) is 2.98. The van der Waals surface area contributed by atoms with Gasteiger partial charge in [-0.05, 0) is 31.5 Å². The largest absolute Gasteiger partial charge is 0.462 e. The van der Waals surface area contributed by atoms with Gasteiger partial charge in [0, 0.05) is 37.5 Å². The third kappa shape index (κ3) is 3.78. The molecule has 1 aromatic carbocycles. The second-order valence-electron chi connectivity index (χ2n) is 7.09. The Hall–Kier alpha value is -3.62. The Morgan fingerprint density at radius 1 is 1.23 bits per heavy atom. The van der Waals surface area contributed by atoms with Crippen LogP contribution in [0.3, 0.4) is 0 Å². The number of aryl methyl sites for hydroxylation is 1. The van der Waals surface area contributed by atoms with E-state index in [0.29, 0.717) is 35.4 Å². The van der Waals surface area contributed by atoms with Gasteiger partial charge in [0.1, 0.15) is 5.56 Å². The predicted octanol–water partition coefficient (Wildman–Crippen LogP) is 3.79. The molecule has 0 aliphatic carbocycles. The number of anilines is 2. The standard InChI is InChI=1S/C21H23N5O4/c1-5-21(4)29-16-8-7-14(9-17(16)30-21)24-18-15(19(27)28-6-2)11-22-20(25-18)26-12-13(3)10-23-26/h7-12H,5-6H2,1-4H3,(H,22,24,25)/t21-/m0/s1. The van der Waals surface area contributed by atoms with Crippen molar-refractivity contribution in [1.29, 1.82) is 0 Å². The van der Waals surface area contributed by atoms with Crippen LogP contribution in [0.5, 0.6) is 11.5 Å². The number of aromatic nitrogens is 4. The highest BCUT2D eigenvalue weighted by Crippen LogP contribution is 2.42. The first-order chi connectivity index (χ1) is 14.4. The van der Waals surface area contributed by atoms with Crippen molar-refractivity contribution in [1.82, 2.24) is 19.7 Å². The molecule has 1 atom stereocenters. The summed E-state index contributed by atoms with van der Waals surface area (Å²) in [4.78, 5) is 21.2. The molecule has 3 heterocycles. The van der Waals surface area contributed by atoms with Crippen LogP contribution in [0.1, 0.15) is 43.1 Å². The van der Waals surface area contributed by atoms with Crippen molar-refractivity contribution in [2.75, 3.05) is 11.9 Å². The van der Waals surface area contributed by atoms with Gasteiger partial charge < -0.3 is 19.5 Å². The van der Waals surface area contributed by atoms with Crippen molar-refractivity contribution in [3.05, 3.63) is 47.9 Å². The van der Waals surface area contributed by atoms with Gasteiger partial charge in [0.25, 0.3) is 5.95 Å². The molecule has 1 N–H and O–H groups in total. The lowest BCUT2D eigenvalue weighted by Gasteiger charge is -2.20. The van der Waals surface area contributed by atoms with E-state index in [1.807, 2.05) is 39.0 Å². The van der Waals surface area contributed by atoms with E-state index in [2.05, 4.69) is 20.4 Å². The zero-order valence-electron chi connectivity index (χ0n) is 17.3. The highest BCUT2D eigenvalue weighted by molar-refractivity contribution is 5.95. The number of ether oxygens (including phenoxy) is 3. The molecule has 9 nitrogen and oxygen atoms in total. The van der Waals surface area contributed by atoms with Crippen LogP contribution in [-0.4, -0.2) is 38.1 Å². The maximum absolute atomic E-state index is 12.4. The Bertz CT molecular complexity index is 1100. The van der Waals surface area contributed by atoms with E-state index in [9.17, 15) is 4.79 Å². The van der Waals surface area contributed by atoms with Crippen LogP contribution in [0.15, 0.2) is 36.8 Å². The van der Waals surface area contributed by atoms with Crippen LogP contribution in [0.25, 0.3) is 5.95 Å².